The van der Waals surface area contributed by atoms with E-state index in [1.807, 2.05) is 36.6 Å². The molecule has 0 aliphatic rings. The summed E-state index contributed by atoms with van der Waals surface area (Å²) in [5, 5.41) is 2.80. The molecule has 0 amide bonds. The smallest absolute Gasteiger partial charge is 0.240 e. The maximum Gasteiger partial charge on any atom is 0.240 e. The van der Waals surface area contributed by atoms with Crippen LogP contribution in [-0.2, 0) is 26.3 Å². The average molecular weight is 451 g/mol. The van der Waals surface area contributed by atoms with Gasteiger partial charge in [-0.2, -0.15) is 0 Å². The third kappa shape index (κ3) is 5.30. The summed E-state index contributed by atoms with van der Waals surface area (Å²) in [6.07, 6.45) is 1.49. The minimum absolute atomic E-state index is 0.0225. The molecule has 0 radical (unpaired) electrons. The fraction of sp³-hybridized carbons (Fsp3) is 0.250. The third-order valence-electron chi connectivity index (χ3n) is 4.40. The van der Waals surface area contributed by atoms with Crippen molar-refractivity contribution in [3.63, 3.8) is 0 Å². The van der Waals surface area contributed by atoms with Crippen LogP contribution in [-0.4, -0.2) is 34.6 Å². The molecule has 1 N–H and O–H groups in total. The number of benzene rings is 2. The number of aromatic nitrogens is 1. The predicted octanol–water partition coefficient (Wildman–Crippen LogP) is 3.35. The van der Waals surface area contributed by atoms with Crippen LogP contribution >= 0.6 is 11.3 Å². The highest BCUT2D eigenvalue weighted by atomic mass is 32.2. The van der Waals surface area contributed by atoms with E-state index in [2.05, 4.69) is 9.71 Å². The number of sulfonamides is 1. The monoisotopic (exact) mass is 450 g/mol. The van der Waals surface area contributed by atoms with Gasteiger partial charge in [-0.1, -0.05) is 35.9 Å². The minimum Gasteiger partial charge on any atom is -0.241 e. The SMILES string of the molecule is Cc1ccc(-c2nc(CCNS(=O)(=O)c3cc(S(C)(=O)=O)ccc3C)cs2)cc1. The lowest BCUT2D eigenvalue weighted by Crippen LogP contribution is -2.27. The van der Waals surface area contributed by atoms with Crippen molar-refractivity contribution in [3.05, 3.63) is 64.7 Å². The van der Waals surface area contributed by atoms with Crippen LogP contribution in [0.15, 0.2) is 57.6 Å². The molecule has 0 bridgehead atoms. The number of nitrogens with one attached hydrogen (secondary N) is 1. The second kappa shape index (κ2) is 8.35. The first-order chi connectivity index (χ1) is 13.6. The van der Waals surface area contributed by atoms with Crippen molar-refractivity contribution in [2.24, 2.45) is 0 Å². The number of hydrogen-bond acceptors (Lipinski definition) is 6. The van der Waals surface area contributed by atoms with Crippen LogP contribution in [0.1, 0.15) is 16.8 Å². The van der Waals surface area contributed by atoms with E-state index in [1.165, 1.54) is 35.1 Å². The number of rotatable bonds is 7. The van der Waals surface area contributed by atoms with E-state index < -0.39 is 19.9 Å². The van der Waals surface area contributed by atoms with Crippen LogP contribution in [0.3, 0.4) is 0 Å². The topological polar surface area (TPSA) is 93.2 Å². The zero-order valence-electron chi connectivity index (χ0n) is 16.3. The molecule has 0 fully saturated rings. The van der Waals surface area contributed by atoms with Gasteiger partial charge in [0, 0.05) is 30.2 Å². The number of aryl methyl sites for hydroxylation is 2. The Morgan fingerprint density at radius 2 is 1.69 bits per heavy atom. The fourth-order valence-corrected chi connectivity index (χ4v) is 5.62. The van der Waals surface area contributed by atoms with Crippen molar-refractivity contribution in [2.45, 2.75) is 30.1 Å². The summed E-state index contributed by atoms with van der Waals surface area (Å²) in [5.41, 5.74) is 3.49. The van der Waals surface area contributed by atoms with Gasteiger partial charge in [-0.25, -0.2) is 26.5 Å². The molecule has 0 spiro atoms. The minimum atomic E-state index is -3.83. The van der Waals surface area contributed by atoms with Gasteiger partial charge in [0.2, 0.25) is 10.0 Å². The molecule has 0 atom stereocenters. The zero-order valence-corrected chi connectivity index (χ0v) is 18.8. The molecule has 0 aliphatic carbocycles. The van der Waals surface area contributed by atoms with E-state index in [0.29, 0.717) is 12.0 Å². The highest BCUT2D eigenvalue weighted by molar-refractivity contribution is 7.91. The Hall–Kier alpha value is -2.07. The average Bonchev–Trinajstić information content (AvgIpc) is 3.10. The van der Waals surface area contributed by atoms with Crippen molar-refractivity contribution in [1.82, 2.24) is 9.71 Å². The molecular formula is C20H22N2O4S3. The lowest BCUT2D eigenvalue weighted by Gasteiger charge is -2.10. The molecule has 0 saturated carbocycles. The second-order valence-corrected chi connectivity index (χ2v) is 11.5. The van der Waals surface area contributed by atoms with Crippen LogP contribution in [0, 0.1) is 13.8 Å². The summed E-state index contributed by atoms with van der Waals surface area (Å²) in [6.45, 7) is 3.83. The fourth-order valence-electron chi connectivity index (χ4n) is 2.74. The Balaban J connectivity index is 1.70. The highest BCUT2D eigenvalue weighted by Gasteiger charge is 2.19. The van der Waals surface area contributed by atoms with Gasteiger partial charge in [0.25, 0.3) is 0 Å². The molecular weight excluding hydrogens is 428 g/mol. The van der Waals surface area contributed by atoms with Crippen molar-refractivity contribution in [2.75, 3.05) is 12.8 Å². The van der Waals surface area contributed by atoms with Gasteiger partial charge in [0.1, 0.15) is 5.01 Å². The number of hydrogen-bond donors (Lipinski definition) is 1. The Morgan fingerprint density at radius 3 is 2.34 bits per heavy atom. The second-order valence-electron chi connectivity index (χ2n) is 6.86. The molecule has 1 heterocycles. The summed E-state index contributed by atoms with van der Waals surface area (Å²) in [4.78, 5) is 4.52. The molecule has 3 rings (SSSR count). The standard InChI is InChI=1S/C20H22N2O4S3/c1-14-4-7-16(8-5-14)20-22-17(13-27-20)10-11-21-29(25,26)19-12-18(28(3,23)24)9-6-15(19)2/h4-9,12-13,21H,10-11H2,1-3H3. The van der Waals surface area contributed by atoms with Crippen molar-refractivity contribution < 1.29 is 16.8 Å². The van der Waals surface area contributed by atoms with E-state index in [4.69, 9.17) is 0 Å². The van der Waals surface area contributed by atoms with Gasteiger partial charge >= 0.3 is 0 Å². The van der Waals surface area contributed by atoms with E-state index in [-0.39, 0.29) is 16.3 Å². The summed E-state index contributed by atoms with van der Waals surface area (Å²) < 4.78 is 51.3. The maximum absolute atomic E-state index is 12.7. The zero-order chi connectivity index (χ0) is 21.2. The first kappa shape index (κ1) is 21.6. The summed E-state index contributed by atoms with van der Waals surface area (Å²) in [5.74, 6) is 0. The van der Waals surface area contributed by atoms with Gasteiger partial charge in [-0.3, -0.25) is 0 Å². The lowest BCUT2D eigenvalue weighted by atomic mass is 10.2. The van der Waals surface area contributed by atoms with Crippen molar-refractivity contribution >= 4 is 31.2 Å². The Morgan fingerprint density at radius 1 is 1.00 bits per heavy atom. The van der Waals surface area contributed by atoms with E-state index in [0.717, 1.165) is 22.5 Å². The molecule has 0 saturated heterocycles. The Labute approximate surface area is 175 Å². The lowest BCUT2D eigenvalue weighted by molar-refractivity contribution is 0.580. The number of sulfone groups is 1. The van der Waals surface area contributed by atoms with Crippen LogP contribution in [0.25, 0.3) is 10.6 Å². The third-order valence-corrected chi connectivity index (χ3v) is 8.05. The Kier molecular flexibility index (Phi) is 6.23. The molecule has 9 heteroatoms. The summed E-state index contributed by atoms with van der Waals surface area (Å²) in [6, 6.07) is 12.2. The van der Waals surface area contributed by atoms with Crippen LogP contribution in [0.2, 0.25) is 0 Å². The molecule has 0 unspecified atom stereocenters. The van der Waals surface area contributed by atoms with Gasteiger partial charge in [0.05, 0.1) is 15.5 Å². The summed E-state index contributed by atoms with van der Waals surface area (Å²) >= 11 is 1.51. The molecule has 6 nitrogen and oxygen atoms in total. The predicted molar refractivity (Wildman–Crippen MR) is 115 cm³/mol. The summed E-state index contributed by atoms with van der Waals surface area (Å²) in [7, 11) is -7.33. The van der Waals surface area contributed by atoms with Crippen LogP contribution in [0.4, 0.5) is 0 Å². The van der Waals surface area contributed by atoms with Crippen LogP contribution < -0.4 is 4.72 Å². The van der Waals surface area contributed by atoms with Gasteiger partial charge < -0.3 is 0 Å². The van der Waals surface area contributed by atoms with Crippen LogP contribution in [0.5, 0.6) is 0 Å². The first-order valence-electron chi connectivity index (χ1n) is 8.88. The quantitative estimate of drug-likeness (QED) is 0.596. The first-order valence-corrected chi connectivity index (χ1v) is 13.1. The van der Waals surface area contributed by atoms with Gasteiger partial charge in [0.15, 0.2) is 9.84 Å². The van der Waals surface area contributed by atoms with E-state index in [1.54, 1.807) is 6.92 Å². The number of thiazole rings is 1. The normalized spacial score (nSPS) is 12.2. The number of nitrogens with zero attached hydrogens (tertiary/aromatic N) is 1. The Bertz CT molecular complexity index is 1230. The molecule has 0 aliphatic heterocycles. The van der Waals surface area contributed by atoms with Crippen molar-refractivity contribution in [1.29, 1.82) is 0 Å². The van der Waals surface area contributed by atoms with E-state index in [9.17, 15) is 16.8 Å². The molecule has 3 aromatic rings. The molecule has 29 heavy (non-hydrogen) atoms. The molecule has 1 aromatic heterocycles. The van der Waals surface area contributed by atoms with E-state index >= 15 is 0 Å². The largest absolute Gasteiger partial charge is 0.241 e. The molecule has 2 aromatic carbocycles. The van der Waals surface area contributed by atoms with Crippen molar-refractivity contribution in [3.8, 4) is 10.6 Å². The maximum atomic E-state index is 12.7. The highest BCUT2D eigenvalue weighted by Crippen LogP contribution is 2.24. The van der Waals surface area contributed by atoms with Gasteiger partial charge in [-0.15, -0.1) is 11.3 Å². The molecule has 154 valence electrons. The van der Waals surface area contributed by atoms with Gasteiger partial charge in [-0.05, 0) is 31.5 Å².